The average molecular weight is 276 g/mol. The van der Waals surface area contributed by atoms with E-state index in [1.807, 2.05) is 49.1 Å². The standard InChI is InChI=1S/C16H24N2O2/c1-12(2)15(17)16(19)18-10-8-14(9-11-18)20-13-6-4-3-5-7-13/h3-7,12,14-15H,8-11,17H2,1-2H3/t15-/m1/s1. The lowest BCUT2D eigenvalue weighted by Crippen LogP contribution is -2.50. The molecular weight excluding hydrogens is 252 g/mol. The van der Waals surface area contributed by atoms with Crippen molar-refractivity contribution in [1.29, 1.82) is 0 Å². The highest BCUT2D eigenvalue weighted by molar-refractivity contribution is 5.82. The number of carbonyl (C=O) groups is 1. The molecule has 2 N–H and O–H groups in total. The maximum atomic E-state index is 12.2. The molecule has 2 rings (SSSR count). The number of carbonyl (C=O) groups excluding carboxylic acids is 1. The fourth-order valence-electron chi connectivity index (χ4n) is 2.38. The summed E-state index contributed by atoms with van der Waals surface area (Å²) < 4.78 is 5.92. The van der Waals surface area contributed by atoms with Crippen LogP contribution in [0.15, 0.2) is 30.3 Å². The first-order chi connectivity index (χ1) is 9.58. The maximum Gasteiger partial charge on any atom is 0.239 e. The van der Waals surface area contributed by atoms with E-state index in [0.717, 1.165) is 31.7 Å². The van der Waals surface area contributed by atoms with Crippen LogP contribution < -0.4 is 10.5 Å². The minimum Gasteiger partial charge on any atom is -0.490 e. The number of nitrogens with two attached hydrogens (primary N) is 1. The van der Waals surface area contributed by atoms with Gasteiger partial charge in [0.1, 0.15) is 11.9 Å². The lowest BCUT2D eigenvalue weighted by molar-refractivity contribution is -0.135. The minimum absolute atomic E-state index is 0.0677. The summed E-state index contributed by atoms with van der Waals surface area (Å²) in [6.45, 7) is 5.43. The molecule has 4 heteroatoms. The Hall–Kier alpha value is -1.55. The zero-order valence-corrected chi connectivity index (χ0v) is 12.3. The van der Waals surface area contributed by atoms with Gasteiger partial charge < -0.3 is 15.4 Å². The Morgan fingerprint density at radius 3 is 2.40 bits per heavy atom. The molecule has 0 unspecified atom stereocenters. The van der Waals surface area contributed by atoms with Crippen LogP contribution in [0.2, 0.25) is 0 Å². The van der Waals surface area contributed by atoms with E-state index in [2.05, 4.69) is 0 Å². The van der Waals surface area contributed by atoms with E-state index in [0.29, 0.717) is 0 Å². The summed E-state index contributed by atoms with van der Waals surface area (Å²) in [5.41, 5.74) is 5.93. The summed E-state index contributed by atoms with van der Waals surface area (Å²) in [6, 6.07) is 9.45. The van der Waals surface area contributed by atoms with Crippen molar-refractivity contribution in [2.24, 2.45) is 11.7 Å². The van der Waals surface area contributed by atoms with Crippen LogP contribution >= 0.6 is 0 Å². The SMILES string of the molecule is CC(C)[C@@H](N)C(=O)N1CCC(Oc2ccccc2)CC1. The normalized spacial score (nSPS) is 18.1. The first-order valence-corrected chi connectivity index (χ1v) is 7.34. The highest BCUT2D eigenvalue weighted by atomic mass is 16.5. The van der Waals surface area contributed by atoms with E-state index in [4.69, 9.17) is 10.5 Å². The second-order valence-corrected chi connectivity index (χ2v) is 5.73. The molecule has 0 bridgehead atoms. The van der Waals surface area contributed by atoms with Crippen molar-refractivity contribution in [3.05, 3.63) is 30.3 Å². The third-order valence-corrected chi connectivity index (χ3v) is 3.80. The minimum atomic E-state index is -0.387. The van der Waals surface area contributed by atoms with Gasteiger partial charge in [-0.3, -0.25) is 4.79 Å². The fraction of sp³-hybridized carbons (Fsp3) is 0.562. The Bertz CT molecular complexity index is 425. The predicted molar refractivity (Wildman–Crippen MR) is 79.5 cm³/mol. The predicted octanol–water partition coefficient (Wildman–Crippen LogP) is 2.04. The van der Waals surface area contributed by atoms with Gasteiger partial charge in [0.15, 0.2) is 0 Å². The number of piperidine rings is 1. The van der Waals surface area contributed by atoms with Crippen LogP contribution in [0.25, 0.3) is 0 Å². The smallest absolute Gasteiger partial charge is 0.239 e. The van der Waals surface area contributed by atoms with Gasteiger partial charge in [-0.05, 0) is 18.1 Å². The van der Waals surface area contributed by atoms with Gasteiger partial charge in [0.2, 0.25) is 5.91 Å². The monoisotopic (exact) mass is 276 g/mol. The number of hydrogen-bond donors (Lipinski definition) is 1. The largest absolute Gasteiger partial charge is 0.490 e. The van der Waals surface area contributed by atoms with Crippen LogP contribution in [-0.4, -0.2) is 36.0 Å². The lowest BCUT2D eigenvalue weighted by Gasteiger charge is -2.34. The van der Waals surface area contributed by atoms with Crippen molar-refractivity contribution in [2.75, 3.05) is 13.1 Å². The van der Waals surface area contributed by atoms with Gasteiger partial charge >= 0.3 is 0 Å². The van der Waals surface area contributed by atoms with Crippen molar-refractivity contribution < 1.29 is 9.53 Å². The molecule has 0 aliphatic carbocycles. The van der Waals surface area contributed by atoms with Crippen molar-refractivity contribution in [3.8, 4) is 5.75 Å². The van der Waals surface area contributed by atoms with Crippen LogP contribution in [0.4, 0.5) is 0 Å². The second kappa shape index (κ2) is 6.75. The number of hydrogen-bond acceptors (Lipinski definition) is 3. The summed E-state index contributed by atoms with van der Waals surface area (Å²) in [7, 11) is 0. The number of para-hydroxylation sites is 1. The van der Waals surface area contributed by atoms with E-state index < -0.39 is 0 Å². The molecular formula is C16H24N2O2. The van der Waals surface area contributed by atoms with Crippen LogP contribution in [0.1, 0.15) is 26.7 Å². The van der Waals surface area contributed by atoms with E-state index in [1.54, 1.807) is 0 Å². The third-order valence-electron chi connectivity index (χ3n) is 3.80. The van der Waals surface area contributed by atoms with Crippen LogP contribution in [-0.2, 0) is 4.79 Å². The summed E-state index contributed by atoms with van der Waals surface area (Å²) in [5.74, 6) is 1.15. The van der Waals surface area contributed by atoms with Gasteiger partial charge in [-0.2, -0.15) is 0 Å². The Morgan fingerprint density at radius 1 is 1.25 bits per heavy atom. The number of nitrogens with zero attached hydrogens (tertiary/aromatic N) is 1. The van der Waals surface area contributed by atoms with Crippen LogP contribution in [0.3, 0.4) is 0 Å². The lowest BCUT2D eigenvalue weighted by atomic mass is 10.0. The fourth-order valence-corrected chi connectivity index (χ4v) is 2.38. The molecule has 4 nitrogen and oxygen atoms in total. The summed E-state index contributed by atoms with van der Waals surface area (Å²) in [6.07, 6.45) is 1.92. The molecule has 0 aromatic heterocycles. The van der Waals surface area contributed by atoms with E-state index in [1.165, 1.54) is 0 Å². The van der Waals surface area contributed by atoms with Crippen molar-refractivity contribution >= 4 is 5.91 Å². The van der Waals surface area contributed by atoms with Crippen molar-refractivity contribution in [2.45, 2.75) is 38.8 Å². The van der Waals surface area contributed by atoms with Gasteiger partial charge in [-0.15, -0.1) is 0 Å². The van der Waals surface area contributed by atoms with Gasteiger partial charge in [0, 0.05) is 25.9 Å². The highest BCUT2D eigenvalue weighted by Crippen LogP contribution is 2.19. The summed E-state index contributed by atoms with van der Waals surface area (Å²) >= 11 is 0. The first-order valence-electron chi connectivity index (χ1n) is 7.34. The zero-order valence-electron chi connectivity index (χ0n) is 12.3. The number of benzene rings is 1. The Balaban J connectivity index is 1.82. The quantitative estimate of drug-likeness (QED) is 0.915. The molecule has 0 spiro atoms. The second-order valence-electron chi connectivity index (χ2n) is 5.73. The molecule has 1 aliphatic rings. The zero-order chi connectivity index (χ0) is 14.5. The Labute approximate surface area is 120 Å². The molecule has 1 fully saturated rings. The van der Waals surface area contributed by atoms with E-state index in [-0.39, 0.29) is 24.0 Å². The summed E-state index contributed by atoms with van der Waals surface area (Å²) in [5, 5.41) is 0. The van der Waals surface area contributed by atoms with Crippen LogP contribution in [0, 0.1) is 5.92 Å². The van der Waals surface area contributed by atoms with E-state index in [9.17, 15) is 4.79 Å². The Morgan fingerprint density at radius 2 is 1.85 bits per heavy atom. The van der Waals surface area contributed by atoms with Crippen molar-refractivity contribution in [3.63, 3.8) is 0 Å². The summed E-state index contributed by atoms with van der Waals surface area (Å²) in [4.78, 5) is 14.0. The molecule has 1 aliphatic heterocycles. The number of likely N-dealkylation sites (tertiary alicyclic amines) is 1. The molecule has 1 aromatic carbocycles. The molecule has 0 radical (unpaired) electrons. The Kier molecular flexibility index (Phi) is 5.01. The van der Waals surface area contributed by atoms with Gasteiger partial charge in [-0.25, -0.2) is 0 Å². The molecule has 110 valence electrons. The topological polar surface area (TPSA) is 55.6 Å². The number of amides is 1. The highest BCUT2D eigenvalue weighted by Gasteiger charge is 2.28. The van der Waals surface area contributed by atoms with Crippen LogP contribution in [0.5, 0.6) is 5.75 Å². The molecule has 20 heavy (non-hydrogen) atoms. The average Bonchev–Trinajstić information content (AvgIpc) is 2.47. The molecule has 1 aromatic rings. The third kappa shape index (κ3) is 3.73. The molecule has 1 saturated heterocycles. The van der Waals surface area contributed by atoms with E-state index >= 15 is 0 Å². The molecule has 1 amide bonds. The molecule has 0 saturated carbocycles. The number of ether oxygens (including phenoxy) is 1. The first kappa shape index (κ1) is 14.9. The molecule has 1 atom stereocenters. The number of rotatable bonds is 4. The van der Waals surface area contributed by atoms with Gasteiger partial charge in [0.25, 0.3) is 0 Å². The molecule has 1 heterocycles. The van der Waals surface area contributed by atoms with Gasteiger partial charge in [0.05, 0.1) is 6.04 Å². The van der Waals surface area contributed by atoms with Crippen molar-refractivity contribution in [1.82, 2.24) is 4.90 Å². The van der Waals surface area contributed by atoms with Gasteiger partial charge in [-0.1, -0.05) is 32.0 Å². The maximum absolute atomic E-state index is 12.2.